The van der Waals surface area contributed by atoms with Gasteiger partial charge >= 0.3 is 0 Å². The van der Waals surface area contributed by atoms with Gasteiger partial charge in [-0.15, -0.1) is 0 Å². The van der Waals surface area contributed by atoms with Crippen LogP contribution in [0.1, 0.15) is 39.3 Å². The first-order valence-corrected chi connectivity index (χ1v) is 6.62. The number of anilines is 1. The fourth-order valence-electron chi connectivity index (χ4n) is 1.86. The summed E-state index contributed by atoms with van der Waals surface area (Å²) in [5.74, 6) is 1.12. The molecule has 0 bridgehead atoms. The van der Waals surface area contributed by atoms with Crippen LogP contribution >= 0.6 is 0 Å². The van der Waals surface area contributed by atoms with E-state index in [9.17, 15) is 0 Å². The molecule has 0 fully saturated rings. The summed E-state index contributed by atoms with van der Waals surface area (Å²) in [6.07, 6.45) is 4.10. The quantitative estimate of drug-likeness (QED) is 0.339. The van der Waals surface area contributed by atoms with Gasteiger partial charge in [0.2, 0.25) is 0 Å². The first-order valence-electron chi connectivity index (χ1n) is 6.62. The number of hydrogen-bond acceptors (Lipinski definition) is 5. The van der Waals surface area contributed by atoms with Crippen LogP contribution in [0.2, 0.25) is 0 Å². The number of aryl methyl sites for hydroxylation is 1. The highest BCUT2D eigenvalue weighted by Crippen LogP contribution is 2.15. The van der Waals surface area contributed by atoms with Crippen molar-refractivity contribution in [3.63, 3.8) is 0 Å². The van der Waals surface area contributed by atoms with E-state index in [4.69, 9.17) is 10.9 Å². The van der Waals surface area contributed by atoms with Crippen LogP contribution in [-0.4, -0.2) is 33.6 Å². The first-order chi connectivity index (χ1) is 9.08. The Bertz CT molecular complexity index is 419. The second-order valence-electron chi connectivity index (χ2n) is 4.75. The number of hydrogen-bond donors (Lipinski definition) is 2. The van der Waals surface area contributed by atoms with Crippen LogP contribution in [0.25, 0.3) is 0 Å². The summed E-state index contributed by atoms with van der Waals surface area (Å²) in [5, 5.41) is 11.6. The van der Waals surface area contributed by atoms with Crippen LogP contribution in [0.15, 0.2) is 17.5 Å². The standard InChI is InChI=1S/C13H23N5O/c1-4-5-11-8-13(16-9-15-11)18(10(2)3)7-6-12(14)17-19/h8-10,19H,4-7H2,1-3H3,(H2,14,17). The van der Waals surface area contributed by atoms with E-state index < -0.39 is 0 Å². The predicted molar refractivity (Wildman–Crippen MR) is 76.5 cm³/mol. The largest absolute Gasteiger partial charge is 0.409 e. The summed E-state index contributed by atoms with van der Waals surface area (Å²) in [4.78, 5) is 10.7. The van der Waals surface area contributed by atoms with E-state index in [0.29, 0.717) is 13.0 Å². The molecule has 1 heterocycles. The van der Waals surface area contributed by atoms with Gasteiger partial charge in [0.25, 0.3) is 0 Å². The normalized spacial score (nSPS) is 11.9. The molecule has 0 aliphatic heterocycles. The summed E-state index contributed by atoms with van der Waals surface area (Å²) in [5.41, 5.74) is 6.56. The number of nitrogens with zero attached hydrogens (tertiary/aromatic N) is 4. The lowest BCUT2D eigenvalue weighted by Crippen LogP contribution is -2.34. The van der Waals surface area contributed by atoms with Gasteiger partial charge in [-0.05, 0) is 20.3 Å². The molecule has 0 amide bonds. The van der Waals surface area contributed by atoms with Crippen molar-refractivity contribution in [3.05, 3.63) is 18.1 Å². The van der Waals surface area contributed by atoms with Crippen LogP contribution in [0.5, 0.6) is 0 Å². The van der Waals surface area contributed by atoms with Gasteiger partial charge in [0.1, 0.15) is 18.0 Å². The third-order valence-corrected chi connectivity index (χ3v) is 2.87. The van der Waals surface area contributed by atoms with Crippen molar-refractivity contribution in [1.29, 1.82) is 0 Å². The van der Waals surface area contributed by atoms with Crippen molar-refractivity contribution in [2.24, 2.45) is 10.9 Å². The molecule has 0 saturated heterocycles. The van der Waals surface area contributed by atoms with Gasteiger partial charge in [0, 0.05) is 30.8 Å². The maximum absolute atomic E-state index is 8.59. The van der Waals surface area contributed by atoms with Crippen molar-refractivity contribution in [2.45, 2.75) is 46.1 Å². The number of rotatable bonds is 7. The molecule has 6 heteroatoms. The molecule has 6 nitrogen and oxygen atoms in total. The minimum Gasteiger partial charge on any atom is -0.409 e. The van der Waals surface area contributed by atoms with Gasteiger partial charge in [-0.1, -0.05) is 18.5 Å². The van der Waals surface area contributed by atoms with Crippen molar-refractivity contribution >= 4 is 11.7 Å². The van der Waals surface area contributed by atoms with Gasteiger partial charge < -0.3 is 15.8 Å². The Labute approximate surface area is 114 Å². The molecule has 0 aromatic carbocycles. The van der Waals surface area contributed by atoms with Crippen LogP contribution in [0.4, 0.5) is 5.82 Å². The topological polar surface area (TPSA) is 87.6 Å². The van der Waals surface area contributed by atoms with Gasteiger partial charge in [-0.25, -0.2) is 9.97 Å². The Morgan fingerprint density at radius 3 is 2.79 bits per heavy atom. The van der Waals surface area contributed by atoms with Crippen LogP contribution < -0.4 is 10.6 Å². The summed E-state index contributed by atoms with van der Waals surface area (Å²) in [7, 11) is 0. The van der Waals surface area contributed by atoms with E-state index in [0.717, 1.165) is 24.4 Å². The van der Waals surface area contributed by atoms with Crippen LogP contribution in [0, 0.1) is 0 Å². The molecule has 0 radical (unpaired) electrons. The van der Waals surface area contributed by atoms with E-state index >= 15 is 0 Å². The second-order valence-corrected chi connectivity index (χ2v) is 4.75. The molecule has 1 rings (SSSR count). The van der Waals surface area contributed by atoms with Crippen molar-refractivity contribution in [1.82, 2.24) is 9.97 Å². The molecule has 3 N–H and O–H groups in total. The van der Waals surface area contributed by atoms with Crippen molar-refractivity contribution in [2.75, 3.05) is 11.4 Å². The zero-order chi connectivity index (χ0) is 14.3. The van der Waals surface area contributed by atoms with Gasteiger partial charge in [-0.3, -0.25) is 0 Å². The minimum atomic E-state index is 0.230. The van der Waals surface area contributed by atoms with E-state index in [1.807, 2.05) is 6.07 Å². The number of amidine groups is 1. The molecule has 0 spiro atoms. The summed E-state index contributed by atoms with van der Waals surface area (Å²) in [6, 6.07) is 2.30. The molecule has 106 valence electrons. The second kappa shape index (κ2) is 7.56. The number of nitrogens with two attached hydrogens (primary N) is 1. The zero-order valence-electron chi connectivity index (χ0n) is 11.9. The summed E-state index contributed by atoms with van der Waals surface area (Å²) < 4.78 is 0. The maximum atomic E-state index is 8.59. The van der Waals surface area contributed by atoms with Crippen LogP contribution in [0.3, 0.4) is 0 Å². The molecule has 0 unspecified atom stereocenters. The molecular formula is C13H23N5O. The Kier molecular flexibility index (Phi) is 6.05. The molecule has 1 aromatic rings. The predicted octanol–water partition coefficient (Wildman–Crippen LogP) is 1.78. The molecule has 0 atom stereocenters. The molecular weight excluding hydrogens is 242 g/mol. The number of aromatic nitrogens is 2. The molecule has 0 aliphatic carbocycles. The first kappa shape index (κ1) is 15.2. The molecule has 1 aromatic heterocycles. The highest BCUT2D eigenvalue weighted by Gasteiger charge is 2.13. The van der Waals surface area contributed by atoms with E-state index in [1.54, 1.807) is 6.33 Å². The fraction of sp³-hybridized carbons (Fsp3) is 0.615. The Hall–Kier alpha value is -1.85. The van der Waals surface area contributed by atoms with Gasteiger partial charge in [0.05, 0.1) is 0 Å². The lowest BCUT2D eigenvalue weighted by atomic mass is 10.2. The average Bonchev–Trinajstić information content (AvgIpc) is 2.39. The van der Waals surface area contributed by atoms with E-state index in [2.05, 4.69) is 40.8 Å². The highest BCUT2D eigenvalue weighted by molar-refractivity contribution is 5.80. The number of oxime groups is 1. The van der Waals surface area contributed by atoms with E-state index in [-0.39, 0.29) is 11.9 Å². The van der Waals surface area contributed by atoms with E-state index in [1.165, 1.54) is 0 Å². The lowest BCUT2D eigenvalue weighted by Gasteiger charge is -2.27. The third-order valence-electron chi connectivity index (χ3n) is 2.87. The van der Waals surface area contributed by atoms with Crippen molar-refractivity contribution < 1.29 is 5.21 Å². The smallest absolute Gasteiger partial charge is 0.140 e. The Morgan fingerprint density at radius 2 is 2.21 bits per heavy atom. The maximum Gasteiger partial charge on any atom is 0.140 e. The van der Waals surface area contributed by atoms with Crippen molar-refractivity contribution in [3.8, 4) is 0 Å². The summed E-state index contributed by atoms with van der Waals surface area (Å²) in [6.45, 7) is 6.97. The zero-order valence-corrected chi connectivity index (χ0v) is 11.9. The lowest BCUT2D eigenvalue weighted by molar-refractivity contribution is 0.317. The molecule has 0 saturated carbocycles. The van der Waals surface area contributed by atoms with Gasteiger partial charge in [-0.2, -0.15) is 0 Å². The SMILES string of the molecule is CCCc1cc(N(CC/C(N)=N/O)C(C)C)ncn1. The monoisotopic (exact) mass is 265 g/mol. The average molecular weight is 265 g/mol. The minimum absolute atomic E-state index is 0.230. The van der Waals surface area contributed by atoms with Gasteiger partial charge in [0.15, 0.2) is 0 Å². The molecule has 19 heavy (non-hydrogen) atoms. The summed E-state index contributed by atoms with van der Waals surface area (Å²) >= 11 is 0. The Morgan fingerprint density at radius 1 is 1.47 bits per heavy atom. The Balaban J connectivity index is 2.83. The molecule has 0 aliphatic rings. The van der Waals surface area contributed by atoms with Crippen LogP contribution in [-0.2, 0) is 6.42 Å². The third kappa shape index (κ3) is 4.73. The highest BCUT2D eigenvalue weighted by atomic mass is 16.4. The fourth-order valence-corrected chi connectivity index (χ4v) is 1.86.